The molecule has 0 aromatic rings. The van der Waals surface area contributed by atoms with Crippen molar-refractivity contribution in [2.45, 2.75) is 66.0 Å². The zero-order valence-electron chi connectivity index (χ0n) is 13.7. The van der Waals surface area contributed by atoms with Crippen LogP contribution in [0.4, 0.5) is 0 Å². The summed E-state index contributed by atoms with van der Waals surface area (Å²) in [7, 11) is 0. The maximum absolute atomic E-state index is 9.01. The Morgan fingerprint density at radius 2 is 1.53 bits per heavy atom. The number of rotatable bonds is 12. The first-order valence-corrected chi connectivity index (χ1v) is 7.93. The highest BCUT2D eigenvalue weighted by atomic mass is 16.3. The number of aliphatic hydroxyl groups is 1. The molecule has 0 aliphatic carbocycles. The number of hydrogen-bond acceptors (Lipinski definition) is 3. The molecule has 0 saturated heterocycles. The summed E-state index contributed by atoms with van der Waals surface area (Å²) in [6.45, 7) is 15.6. The minimum absolute atomic E-state index is 0.262. The van der Waals surface area contributed by atoms with Gasteiger partial charge in [-0.3, -0.25) is 4.90 Å². The van der Waals surface area contributed by atoms with Crippen molar-refractivity contribution in [3.05, 3.63) is 6.42 Å². The van der Waals surface area contributed by atoms with E-state index in [0.717, 1.165) is 26.1 Å². The van der Waals surface area contributed by atoms with E-state index in [9.17, 15) is 0 Å². The molecule has 0 spiro atoms. The molecule has 0 aliphatic rings. The van der Waals surface area contributed by atoms with Gasteiger partial charge in [0, 0.05) is 18.6 Å². The van der Waals surface area contributed by atoms with Gasteiger partial charge in [-0.15, -0.1) is 0 Å². The lowest BCUT2D eigenvalue weighted by atomic mass is 10.1. The molecule has 0 unspecified atom stereocenters. The third-order valence-corrected chi connectivity index (χ3v) is 3.73. The van der Waals surface area contributed by atoms with E-state index in [0.29, 0.717) is 12.1 Å². The number of hydrogen-bond donors (Lipinski definition) is 1. The van der Waals surface area contributed by atoms with Crippen LogP contribution in [0, 0.1) is 6.42 Å². The molecule has 0 bridgehead atoms. The highest BCUT2D eigenvalue weighted by Crippen LogP contribution is 2.06. The van der Waals surface area contributed by atoms with Gasteiger partial charge in [0.2, 0.25) is 0 Å². The molecule has 19 heavy (non-hydrogen) atoms. The van der Waals surface area contributed by atoms with Crippen molar-refractivity contribution in [3.8, 4) is 0 Å². The molecular weight excluding hydrogens is 236 g/mol. The van der Waals surface area contributed by atoms with Gasteiger partial charge in [0.05, 0.1) is 6.61 Å². The second-order valence-corrected chi connectivity index (χ2v) is 5.80. The van der Waals surface area contributed by atoms with E-state index in [4.69, 9.17) is 5.11 Å². The van der Waals surface area contributed by atoms with Gasteiger partial charge in [-0.1, -0.05) is 6.92 Å². The summed E-state index contributed by atoms with van der Waals surface area (Å²) in [5, 5.41) is 9.01. The van der Waals surface area contributed by atoms with E-state index in [-0.39, 0.29) is 6.61 Å². The van der Waals surface area contributed by atoms with Gasteiger partial charge in [0.15, 0.2) is 0 Å². The quantitative estimate of drug-likeness (QED) is 0.553. The van der Waals surface area contributed by atoms with Crippen molar-refractivity contribution in [3.63, 3.8) is 0 Å². The predicted octanol–water partition coefficient (Wildman–Crippen LogP) is 2.79. The van der Waals surface area contributed by atoms with Crippen LogP contribution in [0.1, 0.15) is 53.9 Å². The molecule has 0 fully saturated rings. The SMILES string of the molecule is CCN(CCC[CH]CCN(CCO)C(C)C)C(C)C. The second-order valence-electron chi connectivity index (χ2n) is 5.80. The van der Waals surface area contributed by atoms with Gasteiger partial charge in [0.25, 0.3) is 0 Å². The first-order valence-electron chi connectivity index (χ1n) is 7.93. The fraction of sp³-hybridized carbons (Fsp3) is 0.938. The molecule has 0 rings (SSSR count). The average Bonchev–Trinajstić information content (AvgIpc) is 2.35. The molecular formula is C16H35N2O. The largest absolute Gasteiger partial charge is 0.395 e. The fourth-order valence-corrected chi connectivity index (χ4v) is 2.38. The molecule has 1 N–H and O–H groups in total. The smallest absolute Gasteiger partial charge is 0.0558 e. The molecule has 0 atom stereocenters. The fourth-order valence-electron chi connectivity index (χ4n) is 2.38. The van der Waals surface area contributed by atoms with Crippen LogP contribution in [-0.2, 0) is 0 Å². The lowest BCUT2D eigenvalue weighted by Gasteiger charge is -2.26. The first kappa shape index (κ1) is 18.9. The first-order chi connectivity index (χ1) is 9.02. The maximum Gasteiger partial charge on any atom is 0.0558 e. The van der Waals surface area contributed by atoms with Crippen LogP contribution in [0.3, 0.4) is 0 Å². The van der Waals surface area contributed by atoms with Crippen LogP contribution in [0.2, 0.25) is 0 Å². The Morgan fingerprint density at radius 3 is 2.00 bits per heavy atom. The monoisotopic (exact) mass is 271 g/mol. The molecule has 0 heterocycles. The zero-order chi connectivity index (χ0) is 14.7. The van der Waals surface area contributed by atoms with Crippen molar-refractivity contribution in [2.24, 2.45) is 0 Å². The topological polar surface area (TPSA) is 26.7 Å². The van der Waals surface area contributed by atoms with Crippen LogP contribution in [0.5, 0.6) is 0 Å². The Kier molecular flexibility index (Phi) is 11.6. The van der Waals surface area contributed by atoms with Crippen molar-refractivity contribution in [1.82, 2.24) is 9.80 Å². The second kappa shape index (κ2) is 11.7. The molecule has 0 aromatic carbocycles. The van der Waals surface area contributed by atoms with Gasteiger partial charge in [-0.05, 0) is 73.0 Å². The van der Waals surface area contributed by atoms with E-state index in [2.05, 4.69) is 50.8 Å². The lowest BCUT2D eigenvalue weighted by molar-refractivity contribution is 0.166. The summed E-state index contributed by atoms with van der Waals surface area (Å²) in [6.07, 6.45) is 5.99. The standard InChI is InChI=1S/C16H35N2O/c1-6-17(15(2)3)11-9-7-8-10-12-18(13-14-19)16(4)5/h8,15-16,19H,6-7,9-14H2,1-5H3. The zero-order valence-corrected chi connectivity index (χ0v) is 13.7. The summed E-state index contributed by atoms with van der Waals surface area (Å²) in [5.41, 5.74) is 0. The summed E-state index contributed by atoms with van der Waals surface area (Å²) in [6, 6.07) is 1.18. The van der Waals surface area contributed by atoms with E-state index in [1.807, 2.05) is 0 Å². The predicted molar refractivity (Wildman–Crippen MR) is 84.3 cm³/mol. The average molecular weight is 271 g/mol. The summed E-state index contributed by atoms with van der Waals surface area (Å²) >= 11 is 0. The molecule has 115 valence electrons. The van der Waals surface area contributed by atoms with Gasteiger partial charge in [-0.2, -0.15) is 0 Å². The maximum atomic E-state index is 9.01. The van der Waals surface area contributed by atoms with E-state index in [1.54, 1.807) is 0 Å². The highest BCUT2D eigenvalue weighted by molar-refractivity contribution is 4.71. The molecule has 0 aliphatic heterocycles. The van der Waals surface area contributed by atoms with Crippen LogP contribution < -0.4 is 0 Å². The molecule has 3 nitrogen and oxygen atoms in total. The van der Waals surface area contributed by atoms with Crippen molar-refractivity contribution >= 4 is 0 Å². The van der Waals surface area contributed by atoms with Gasteiger partial charge in [0.1, 0.15) is 0 Å². The van der Waals surface area contributed by atoms with Gasteiger partial charge < -0.3 is 10.0 Å². The van der Waals surface area contributed by atoms with Gasteiger partial charge in [-0.25, -0.2) is 0 Å². The number of unbranched alkanes of at least 4 members (excludes halogenated alkanes) is 3. The number of aliphatic hydroxyl groups excluding tert-OH is 1. The van der Waals surface area contributed by atoms with Gasteiger partial charge >= 0.3 is 0 Å². The van der Waals surface area contributed by atoms with Crippen molar-refractivity contribution in [1.29, 1.82) is 0 Å². The molecule has 0 amide bonds. The Bertz CT molecular complexity index is 195. The van der Waals surface area contributed by atoms with Crippen LogP contribution in [0.25, 0.3) is 0 Å². The Morgan fingerprint density at radius 1 is 0.895 bits per heavy atom. The minimum Gasteiger partial charge on any atom is -0.395 e. The molecule has 0 saturated carbocycles. The Hall–Kier alpha value is -0.120. The molecule has 3 heteroatoms. The van der Waals surface area contributed by atoms with E-state index >= 15 is 0 Å². The van der Waals surface area contributed by atoms with Crippen LogP contribution in [0.15, 0.2) is 0 Å². The van der Waals surface area contributed by atoms with Crippen LogP contribution in [-0.4, -0.2) is 59.8 Å². The third-order valence-electron chi connectivity index (χ3n) is 3.73. The third kappa shape index (κ3) is 9.42. The number of nitrogens with zero attached hydrogens (tertiary/aromatic N) is 2. The summed E-state index contributed by atoms with van der Waals surface area (Å²) in [5.74, 6) is 0. The van der Waals surface area contributed by atoms with Crippen molar-refractivity contribution in [2.75, 3.05) is 32.8 Å². The highest BCUT2D eigenvalue weighted by Gasteiger charge is 2.08. The summed E-state index contributed by atoms with van der Waals surface area (Å²) < 4.78 is 0. The molecule has 0 aromatic heterocycles. The van der Waals surface area contributed by atoms with E-state index < -0.39 is 0 Å². The van der Waals surface area contributed by atoms with E-state index in [1.165, 1.54) is 19.4 Å². The molecule has 1 radical (unpaired) electrons. The normalized spacial score (nSPS) is 12.3. The summed E-state index contributed by atoms with van der Waals surface area (Å²) in [4.78, 5) is 4.85. The Balaban J connectivity index is 3.58. The lowest BCUT2D eigenvalue weighted by Crippen LogP contribution is -2.34. The Labute approximate surface area is 121 Å². The van der Waals surface area contributed by atoms with Crippen molar-refractivity contribution < 1.29 is 5.11 Å². The minimum atomic E-state index is 0.262. The van der Waals surface area contributed by atoms with Crippen LogP contribution >= 0.6 is 0 Å².